The number of methoxy groups -OCH3 is 1. The molecular weight excluding hydrogens is 214 g/mol. The summed E-state index contributed by atoms with van der Waals surface area (Å²) in [7, 11) is 1.67. The Kier molecular flexibility index (Phi) is 2.44. The van der Waals surface area contributed by atoms with E-state index in [1.165, 1.54) is 0 Å². The van der Waals surface area contributed by atoms with Crippen molar-refractivity contribution in [1.29, 1.82) is 0 Å². The lowest BCUT2D eigenvalue weighted by molar-refractivity contribution is 0.347. The van der Waals surface area contributed by atoms with Crippen molar-refractivity contribution in [3.8, 4) is 5.75 Å². The summed E-state index contributed by atoms with van der Waals surface area (Å²) in [5.41, 5.74) is 7.91. The standard InChI is InChI=1S/C13H15N3O/c1-17-10-2-3-12-11(6-10)13(16-7-15-12)8-4-9(14)5-8/h2-3,6-9H,4-5,14H2,1H3. The predicted octanol–water partition coefficient (Wildman–Crippen LogP) is 1.84. The molecule has 1 aliphatic rings. The molecule has 0 spiro atoms. The molecule has 17 heavy (non-hydrogen) atoms. The number of hydrogen-bond acceptors (Lipinski definition) is 4. The molecule has 4 heteroatoms. The van der Waals surface area contributed by atoms with Crippen LogP contribution in [0.25, 0.3) is 10.9 Å². The van der Waals surface area contributed by atoms with Crippen molar-refractivity contribution in [1.82, 2.24) is 9.97 Å². The maximum atomic E-state index is 5.84. The molecule has 2 aromatic rings. The van der Waals surface area contributed by atoms with E-state index in [4.69, 9.17) is 10.5 Å². The molecule has 1 aromatic carbocycles. The maximum absolute atomic E-state index is 5.84. The topological polar surface area (TPSA) is 61.0 Å². The lowest BCUT2D eigenvalue weighted by Crippen LogP contribution is -2.35. The second-order valence-electron chi connectivity index (χ2n) is 4.57. The molecule has 2 N–H and O–H groups in total. The molecule has 88 valence electrons. The van der Waals surface area contributed by atoms with E-state index in [-0.39, 0.29) is 0 Å². The minimum Gasteiger partial charge on any atom is -0.497 e. The first-order valence-electron chi connectivity index (χ1n) is 5.82. The predicted molar refractivity (Wildman–Crippen MR) is 66.0 cm³/mol. The number of fused-ring (bicyclic) bond motifs is 1. The van der Waals surface area contributed by atoms with Crippen molar-refractivity contribution in [2.75, 3.05) is 7.11 Å². The van der Waals surface area contributed by atoms with Gasteiger partial charge in [-0.15, -0.1) is 0 Å². The van der Waals surface area contributed by atoms with E-state index in [0.717, 1.165) is 35.2 Å². The van der Waals surface area contributed by atoms with Crippen LogP contribution >= 0.6 is 0 Å². The fourth-order valence-electron chi connectivity index (χ4n) is 2.39. The van der Waals surface area contributed by atoms with Crippen LogP contribution in [0, 0.1) is 0 Å². The third-order valence-corrected chi connectivity index (χ3v) is 3.43. The molecule has 0 aliphatic heterocycles. The van der Waals surface area contributed by atoms with Crippen LogP contribution in [0.3, 0.4) is 0 Å². The van der Waals surface area contributed by atoms with Crippen molar-refractivity contribution in [2.24, 2.45) is 5.73 Å². The van der Waals surface area contributed by atoms with Crippen LogP contribution in [0.4, 0.5) is 0 Å². The SMILES string of the molecule is COc1ccc2ncnc(C3CC(N)C3)c2c1. The summed E-state index contributed by atoms with van der Waals surface area (Å²) in [6.45, 7) is 0. The average Bonchev–Trinajstić information content (AvgIpc) is 2.34. The molecular formula is C13H15N3O. The van der Waals surface area contributed by atoms with Crippen LogP contribution in [0.1, 0.15) is 24.5 Å². The highest BCUT2D eigenvalue weighted by molar-refractivity contribution is 5.82. The third kappa shape index (κ3) is 1.74. The fraction of sp³-hybridized carbons (Fsp3) is 0.385. The fourth-order valence-corrected chi connectivity index (χ4v) is 2.39. The molecule has 4 nitrogen and oxygen atoms in total. The lowest BCUT2D eigenvalue weighted by Gasteiger charge is -2.32. The van der Waals surface area contributed by atoms with Gasteiger partial charge in [0.25, 0.3) is 0 Å². The number of nitrogens with two attached hydrogens (primary N) is 1. The second kappa shape index (κ2) is 3.96. The Morgan fingerprint density at radius 2 is 2.12 bits per heavy atom. The molecule has 1 aromatic heterocycles. The smallest absolute Gasteiger partial charge is 0.119 e. The number of rotatable bonds is 2. The summed E-state index contributed by atoms with van der Waals surface area (Å²) in [6, 6.07) is 6.23. The van der Waals surface area contributed by atoms with Gasteiger partial charge in [0.05, 0.1) is 18.3 Å². The van der Waals surface area contributed by atoms with Gasteiger partial charge in [0, 0.05) is 17.3 Å². The first-order chi connectivity index (χ1) is 8.28. The van der Waals surface area contributed by atoms with Crippen molar-refractivity contribution >= 4 is 10.9 Å². The van der Waals surface area contributed by atoms with Gasteiger partial charge >= 0.3 is 0 Å². The zero-order valence-electron chi connectivity index (χ0n) is 9.76. The van der Waals surface area contributed by atoms with Gasteiger partial charge in [0.1, 0.15) is 12.1 Å². The Morgan fingerprint density at radius 1 is 1.29 bits per heavy atom. The van der Waals surface area contributed by atoms with Crippen molar-refractivity contribution < 1.29 is 4.74 Å². The molecule has 0 saturated heterocycles. The van der Waals surface area contributed by atoms with Gasteiger partial charge in [0.15, 0.2) is 0 Å². The molecule has 1 heterocycles. The first-order valence-corrected chi connectivity index (χ1v) is 5.82. The van der Waals surface area contributed by atoms with Gasteiger partial charge in [-0.05, 0) is 31.0 Å². The molecule has 0 atom stereocenters. The monoisotopic (exact) mass is 229 g/mol. The van der Waals surface area contributed by atoms with Gasteiger partial charge in [-0.2, -0.15) is 0 Å². The molecule has 0 radical (unpaired) electrons. The highest BCUT2D eigenvalue weighted by Gasteiger charge is 2.29. The van der Waals surface area contributed by atoms with Crippen LogP contribution in [0.5, 0.6) is 5.75 Å². The molecule has 0 amide bonds. The average molecular weight is 229 g/mol. The van der Waals surface area contributed by atoms with Gasteiger partial charge in [-0.3, -0.25) is 0 Å². The minimum absolute atomic E-state index is 0.329. The number of aromatic nitrogens is 2. The zero-order valence-corrected chi connectivity index (χ0v) is 9.76. The Labute approximate surface area is 99.8 Å². The van der Waals surface area contributed by atoms with Crippen molar-refractivity contribution in [3.63, 3.8) is 0 Å². The van der Waals surface area contributed by atoms with E-state index >= 15 is 0 Å². The van der Waals surface area contributed by atoms with Crippen LogP contribution in [-0.2, 0) is 0 Å². The Hall–Kier alpha value is -1.68. The van der Waals surface area contributed by atoms with Gasteiger partial charge in [0.2, 0.25) is 0 Å². The van der Waals surface area contributed by atoms with Crippen LogP contribution in [0.15, 0.2) is 24.5 Å². The molecule has 1 saturated carbocycles. The zero-order chi connectivity index (χ0) is 11.8. The van der Waals surface area contributed by atoms with E-state index < -0.39 is 0 Å². The number of nitrogens with zero attached hydrogens (tertiary/aromatic N) is 2. The van der Waals surface area contributed by atoms with E-state index in [1.807, 2.05) is 18.2 Å². The van der Waals surface area contributed by atoms with Crippen LogP contribution < -0.4 is 10.5 Å². The normalized spacial score (nSPS) is 23.4. The summed E-state index contributed by atoms with van der Waals surface area (Å²) < 4.78 is 5.25. The summed E-state index contributed by atoms with van der Waals surface area (Å²) in [6.07, 6.45) is 3.67. The highest BCUT2D eigenvalue weighted by atomic mass is 16.5. The maximum Gasteiger partial charge on any atom is 0.119 e. The summed E-state index contributed by atoms with van der Waals surface area (Å²) in [5.74, 6) is 1.32. The van der Waals surface area contributed by atoms with Gasteiger partial charge in [-0.25, -0.2) is 9.97 Å². The Morgan fingerprint density at radius 3 is 2.82 bits per heavy atom. The van der Waals surface area contributed by atoms with Gasteiger partial charge in [-0.1, -0.05) is 0 Å². The highest BCUT2D eigenvalue weighted by Crippen LogP contribution is 2.38. The molecule has 1 fully saturated rings. The van der Waals surface area contributed by atoms with Crippen LogP contribution in [-0.4, -0.2) is 23.1 Å². The molecule has 0 bridgehead atoms. The van der Waals surface area contributed by atoms with E-state index in [2.05, 4.69) is 9.97 Å². The van der Waals surface area contributed by atoms with E-state index in [0.29, 0.717) is 12.0 Å². The van der Waals surface area contributed by atoms with E-state index in [1.54, 1.807) is 13.4 Å². The van der Waals surface area contributed by atoms with Gasteiger partial charge < -0.3 is 10.5 Å². The number of ether oxygens (including phenoxy) is 1. The Bertz CT molecular complexity index is 549. The Balaban J connectivity index is 2.10. The molecule has 3 rings (SSSR count). The number of hydrogen-bond donors (Lipinski definition) is 1. The lowest BCUT2D eigenvalue weighted by atomic mass is 9.77. The van der Waals surface area contributed by atoms with Crippen LogP contribution in [0.2, 0.25) is 0 Å². The quantitative estimate of drug-likeness (QED) is 0.853. The molecule has 0 unspecified atom stereocenters. The summed E-state index contributed by atoms with van der Waals surface area (Å²) in [5, 5.41) is 1.09. The van der Waals surface area contributed by atoms with Crippen molar-refractivity contribution in [2.45, 2.75) is 24.8 Å². The second-order valence-corrected chi connectivity index (χ2v) is 4.57. The molecule has 1 aliphatic carbocycles. The largest absolute Gasteiger partial charge is 0.497 e. The van der Waals surface area contributed by atoms with E-state index in [9.17, 15) is 0 Å². The first kappa shape index (κ1) is 10.5. The third-order valence-electron chi connectivity index (χ3n) is 3.43. The summed E-state index contributed by atoms with van der Waals surface area (Å²) >= 11 is 0. The minimum atomic E-state index is 0.329. The number of benzene rings is 1. The van der Waals surface area contributed by atoms with Crippen molar-refractivity contribution in [3.05, 3.63) is 30.2 Å². The summed E-state index contributed by atoms with van der Waals surface area (Å²) in [4.78, 5) is 8.70.